The average molecular weight is 427 g/mol. The summed E-state index contributed by atoms with van der Waals surface area (Å²) in [6.45, 7) is 2.14. The molecule has 1 heterocycles. The van der Waals surface area contributed by atoms with Gasteiger partial charge in [-0.15, -0.1) is 0 Å². The molecule has 0 aliphatic carbocycles. The summed E-state index contributed by atoms with van der Waals surface area (Å²) < 4.78 is 30.4. The summed E-state index contributed by atoms with van der Waals surface area (Å²) in [7, 11) is -1.52. The van der Waals surface area contributed by atoms with E-state index < -0.39 is 15.7 Å². The standard InChI is InChI=1S/C23H26N2O4S/c1-25(17-19-9-4-2-5-10-19)15-8-14-24-23(26)22-20(13-16-29-22)18-30(27,28)21-11-6-3-7-12-21/h2-7,9-13,16H,8,14-15,17-18H2,1H3,(H,24,26). The lowest BCUT2D eigenvalue weighted by Crippen LogP contribution is -2.28. The van der Waals surface area contributed by atoms with Crippen LogP contribution in [0, 0.1) is 0 Å². The van der Waals surface area contributed by atoms with Crippen molar-refractivity contribution in [3.05, 3.63) is 89.9 Å². The summed E-state index contributed by atoms with van der Waals surface area (Å²) in [6.07, 6.45) is 2.12. The molecule has 0 unspecified atom stereocenters. The Morgan fingerprint density at radius 3 is 2.37 bits per heavy atom. The smallest absolute Gasteiger partial charge is 0.287 e. The molecule has 0 atom stereocenters. The normalized spacial score (nSPS) is 11.5. The molecular weight excluding hydrogens is 400 g/mol. The van der Waals surface area contributed by atoms with Crippen LogP contribution in [-0.4, -0.2) is 39.4 Å². The van der Waals surface area contributed by atoms with E-state index >= 15 is 0 Å². The number of amides is 1. The molecule has 3 rings (SSSR count). The molecule has 1 aromatic heterocycles. The van der Waals surface area contributed by atoms with Gasteiger partial charge in [0.2, 0.25) is 0 Å². The zero-order valence-corrected chi connectivity index (χ0v) is 17.8. The quantitative estimate of drug-likeness (QED) is 0.502. The second-order valence-electron chi connectivity index (χ2n) is 7.18. The summed E-state index contributed by atoms with van der Waals surface area (Å²) in [6, 6.07) is 19.9. The van der Waals surface area contributed by atoms with Gasteiger partial charge >= 0.3 is 0 Å². The van der Waals surface area contributed by atoms with Crippen molar-refractivity contribution in [3.8, 4) is 0 Å². The van der Waals surface area contributed by atoms with Gasteiger partial charge in [-0.25, -0.2) is 8.42 Å². The van der Waals surface area contributed by atoms with E-state index in [0.717, 1.165) is 19.5 Å². The molecular formula is C23H26N2O4S. The first kappa shape index (κ1) is 21.8. The van der Waals surface area contributed by atoms with Gasteiger partial charge in [-0.2, -0.15) is 0 Å². The van der Waals surface area contributed by atoms with Crippen LogP contribution in [0.5, 0.6) is 0 Å². The highest BCUT2D eigenvalue weighted by Gasteiger charge is 2.22. The van der Waals surface area contributed by atoms with Gasteiger partial charge in [-0.05, 0) is 43.8 Å². The van der Waals surface area contributed by atoms with Crippen molar-refractivity contribution in [3.63, 3.8) is 0 Å². The fourth-order valence-electron chi connectivity index (χ4n) is 3.17. The van der Waals surface area contributed by atoms with Gasteiger partial charge in [0.15, 0.2) is 15.6 Å². The number of hydrogen-bond acceptors (Lipinski definition) is 5. The summed E-state index contributed by atoms with van der Waals surface area (Å²) in [5.74, 6) is -0.632. The van der Waals surface area contributed by atoms with Crippen LogP contribution in [0.3, 0.4) is 0 Å². The average Bonchev–Trinajstić information content (AvgIpc) is 3.20. The number of carbonyl (C=O) groups excluding carboxylic acids is 1. The minimum absolute atomic E-state index is 0.0483. The monoisotopic (exact) mass is 426 g/mol. The topological polar surface area (TPSA) is 79.6 Å². The van der Waals surface area contributed by atoms with Crippen LogP contribution in [0.25, 0.3) is 0 Å². The van der Waals surface area contributed by atoms with Crippen LogP contribution >= 0.6 is 0 Å². The predicted octanol–water partition coefficient (Wildman–Crippen LogP) is 3.51. The number of benzene rings is 2. The molecule has 1 N–H and O–H groups in total. The number of nitrogens with one attached hydrogen (secondary N) is 1. The van der Waals surface area contributed by atoms with Crippen LogP contribution in [-0.2, 0) is 22.1 Å². The number of rotatable bonds is 10. The molecule has 7 heteroatoms. The molecule has 30 heavy (non-hydrogen) atoms. The Bertz CT molecular complexity index is 1050. The van der Waals surface area contributed by atoms with E-state index in [1.165, 1.54) is 17.9 Å². The SMILES string of the molecule is CN(CCCNC(=O)c1occc1CS(=O)(=O)c1ccccc1)Cc1ccccc1. The summed E-state index contributed by atoms with van der Waals surface area (Å²) in [5.41, 5.74) is 1.60. The van der Waals surface area contributed by atoms with Crippen molar-refractivity contribution >= 4 is 15.7 Å². The molecule has 0 saturated heterocycles. The zero-order chi connectivity index (χ0) is 21.4. The second kappa shape index (κ2) is 10.2. The lowest BCUT2D eigenvalue weighted by atomic mass is 10.2. The van der Waals surface area contributed by atoms with Crippen molar-refractivity contribution in [1.82, 2.24) is 10.2 Å². The van der Waals surface area contributed by atoms with E-state index in [4.69, 9.17) is 4.42 Å². The van der Waals surface area contributed by atoms with Crippen LogP contribution in [0.15, 0.2) is 82.3 Å². The number of sulfone groups is 1. The van der Waals surface area contributed by atoms with E-state index in [-0.39, 0.29) is 16.4 Å². The highest BCUT2D eigenvalue weighted by molar-refractivity contribution is 7.90. The molecule has 0 aliphatic rings. The van der Waals surface area contributed by atoms with Crippen molar-refractivity contribution in [2.45, 2.75) is 23.6 Å². The van der Waals surface area contributed by atoms with E-state index in [1.54, 1.807) is 30.3 Å². The minimum atomic E-state index is -3.55. The predicted molar refractivity (Wildman–Crippen MR) is 116 cm³/mol. The third-order valence-corrected chi connectivity index (χ3v) is 6.38. The summed E-state index contributed by atoms with van der Waals surface area (Å²) >= 11 is 0. The summed E-state index contributed by atoms with van der Waals surface area (Å²) in [4.78, 5) is 14.9. The maximum atomic E-state index is 12.6. The van der Waals surface area contributed by atoms with Gasteiger partial charge in [-0.3, -0.25) is 4.79 Å². The van der Waals surface area contributed by atoms with Crippen molar-refractivity contribution < 1.29 is 17.6 Å². The summed E-state index contributed by atoms with van der Waals surface area (Å²) in [5, 5.41) is 2.82. The minimum Gasteiger partial charge on any atom is -0.459 e. The fourth-order valence-corrected chi connectivity index (χ4v) is 4.55. The van der Waals surface area contributed by atoms with Gasteiger partial charge in [0.05, 0.1) is 16.9 Å². The van der Waals surface area contributed by atoms with E-state index in [9.17, 15) is 13.2 Å². The molecule has 0 spiro atoms. The highest BCUT2D eigenvalue weighted by atomic mass is 32.2. The Hall–Kier alpha value is -2.90. The van der Waals surface area contributed by atoms with Gasteiger partial charge in [0, 0.05) is 18.7 Å². The lowest BCUT2D eigenvalue weighted by molar-refractivity contribution is 0.0923. The molecule has 1 amide bonds. The van der Waals surface area contributed by atoms with Gasteiger partial charge in [0.25, 0.3) is 5.91 Å². The van der Waals surface area contributed by atoms with Crippen molar-refractivity contribution in [1.29, 1.82) is 0 Å². The van der Waals surface area contributed by atoms with E-state index in [2.05, 4.69) is 22.3 Å². The van der Waals surface area contributed by atoms with Gasteiger partial charge < -0.3 is 14.6 Å². The van der Waals surface area contributed by atoms with Crippen molar-refractivity contribution in [2.24, 2.45) is 0 Å². The first-order chi connectivity index (χ1) is 14.5. The third-order valence-electron chi connectivity index (χ3n) is 4.70. The number of furan rings is 1. The van der Waals surface area contributed by atoms with Crippen LogP contribution in [0.1, 0.15) is 28.1 Å². The first-order valence-corrected chi connectivity index (χ1v) is 11.5. The van der Waals surface area contributed by atoms with Crippen molar-refractivity contribution in [2.75, 3.05) is 20.1 Å². The molecule has 0 bridgehead atoms. The highest BCUT2D eigenvalue weighted by Crippen LogP contribution is 2.19. The van der Waals surface area contributed by atoms with Crippen LogP contribution < -0.4 is 5.32 Å². The Morgan fingerprint density at radius 2 is 1.67 bits per heavy atom. The molecule has 6 nitrogen and oxygen atoms in total. The van der Waals surface area contributed by atoms with Crippen LogP contribution in [0.4, 0.5) is 0 Å². The molecule has 3 aromatic rings. The third kappa shape index (κ3) is 6.05. The zero-order valence-electron chi connectivity index (χ0n) is 17.0. The maximum absolute atomic E-state index is 12.6. The largest absolute Gasteiger partial charge is 0.459 e. The Balaban J connectivity index is 1.49. The number of nitrogens with zero attached hydrogens (tertiary/aromatic N) is 1. The molecule has 0 aliphatic heterocycles. The Kier molecular flexibility index (Phi) is 7.43. The van der Waals surface area contributed by atoms with Gasteiger partial charge in [-0.1, -0.05) is 48.5 Å². The van der Waals surface area contributed by atoms with E-state index in [1.807, 2.05) is 25.2 Å². The molecule has 2 aromatic carbocycles. The van der Waals surface area contributed by atoms with Gasteiger partial charge in [0.1, 0.15) is 0 Å². The number of hydrogen-bond donors (Lipinski definition) is 1. The molecule has 158 valence electrons. The lowest BCUT2D eigenvalue weighted by Gasteiger charge is -2.16. The van der Waals surface area contributed by atoms with E-state index in [0.29, 0.717) is 12.1 Å². The molecule has 0 saturated carbocycles. The molecule has 0 fully saturated rings. The maximum Gasteiger partial charge on any atom is 0.287 e. The first-order valence-electron chi connectivity index (χ1n) is 9.80. The fraction of sp³-hybridized carbons (Fsp3) is 0.261. The Labute approximate surface area is 177 Å². The number of carbonyl (C=O) groups is 1. The molecule has 0 radical (unpaired) electrons. The van der Waals surface area contributed by atoms with Crippen LogP contribution in [0.2, 0.25) is 0 Å². The second-order valence-corrected chi connectivity index (χ2v) is 9.17. The Morgan fingerprint density at radius 1 is 1.00 bits per heavy atom.